The predicted octanol–water partition coefficient (Wildman–Crippen LogP) is 2.42. The Morgan fingerprint density at radius 2 is 1.80 bits per heavy atom. The molecule has 1 saturated carbocycles. The van der Waals surface area contributed by atoms with Crippen LogP contribution < -0.4 is 5.32 Å². The first-order valence-electron chi connectivity index (χ1n) is 7.67. The molecule has 1 heterocycles. The molecule has 2 aliphatic rings. The zero-order chi connectivity index (χ0) is 14.4. The highest BCUT2D eigenvalue weighted by Gasteiger charge is 2.45. The fraction of sp³-hybridized carbons (Fsp3) is 1.00. The lowest BCUT2D eigenvalue weighted by Gasteiger charge is -2.34. The number of nitrogens with zero attached hydrogens (tertiary/aromatic N) is 1. The van der Waals surface area contributed by atoms with Crippen molar-refractivity contribution in [1.82, 2.24) is 10.2 Å². The topological polar surface area (TPSA) is 24.5 Å². The number of rotatable bonds is 5. The summed E-state index contributed by atoms with van der Waals surface area (Å²) in [4.78, 5) is 2.31. The third-order valence-corrected chi connectivity index (χ3v) is 4.35. The summed E-state index contributed by atoms with van der Waals surface area (Å²) < 4.78 is 44.1. The monoisotopic (exact) mass is 294 g/mol. The van der Waals surface area contributed by atoms with Crippen molar-refractivity contribution in [2.24, 2.45) is 5.92 Å². The third kappa shape index (κ3) is 4.90. The minimum Gasteiger partial charge on any atom is -0.379 e. The molecular formula is C14H25F3N2O. The number of morpholine rings is 1. The maximum Gasteiger partial charge on any atom is 0.393 e. The van der Waals surface area contributed by atoms with E-state index >= 15 is 0 Å². The van der Waals surface area contributed by atoms with E-state index in [0.717, 1.165) is 45.7 Å². The van der Waals surface area contributed by atoms with Crippen LogP contribution in [-0.2, 0) is 4.74 Å². The van der Waals surface area contributed by atoms with Crippen molar-refractivity contribution >= 4 is 0 Å². The molecule has 0 radical (unpaired) electrons. The molecule has 1 saturated heterocycles. The fourth-order valence-electron chi connectivity index (χ4n) is 3.18. The van der Waals surface area contributed by atoms with Crippen LogP contribution in [0.15, 0.2) is 0 Å². The van der Waals surface area contributed by atoms with Crippen LogP contribution in [0.25, 0.3) is 0 Å². The van der Waals surface area contributed by atoms with E-state index < -0.39 is 12.1 Å². The molecule has 3 nitrogen and oxygen atoms in total. The molecule has 2 atom stereocenters. The normalized spacial score (nSPS) is 29.6. The molecule has 0 bridgehead atoms. The molecule has 0 aromatic rings. The largest absolute Gasteiger partial charge is 0.393 e. The van der Waals surface area contributed by atoms with Gasteiger partial charge in [0.25, 0.3) is 0 Å². The summed E-state index contributed by atoms with van der Waals surface area (Å²) >= 11 is 0. The van der Waals surface area contributed by atoms with Crippen LogP contribution in [0.2, 0.25) is 0 Å². The van der Waals surface area contributed by atoms with Crippen LogP contribution in [0.4, 0.5) is 13.2 Å². The van der Waals surface area contributed by atoms with Crippen LogP contribution in [-0.4, -0.2) is 56.5 Å². The number of hydrogen-bond donors (Lipinski definition) is 1. The minimum absolute atomic E-state index is 0.282. The van der Waals surface area contributed by atoms with E-state index in [1.165, 1.54) is 0 Å². The van der Waals surface area contributed by atoms with Gasteiger partial charge in [-0.25, -0.2) is 0 Å². The first kappa shape index (κ1) is 16.0. The van der Waals surface area contributed by atoms with Gasteiger partial charge in [-0.1, -0.05) is 12.8 Å². The summed E-state index contributed by atoms with van der Waals surface area (Å²) in [6, 6.07) is -0.381. The molecule has 1 aliphatic carbocycles. The van der Waals surface area contributed by atoms with Crippen molar-refractivity contribution in [2.75, 3.05) is 39.4 Å². The first-order chi connectivity index (χ1) is 9.57. The molecule has 2 rings (SSSR count). The van der Waals surface area contributed by atoms with Crippen molar-refractivity contribution in [2.45, 2.75) is 44.3 Å². The van der Waals surface area contributed by atoms with Crippen LogP contribution in [0, 0.1) is 5.92 Å². The fourth-order valence-corrected chi connectivity index (χ4v) is 3.18. The maximum absolute atomic E-state index is 12.9. The SMILES string of the molecule is FC(F)(F)C1CCCCC1NCCCN1CCOCC1. The third-order valence-electron chi connectivity index (χ3n) is 4.35. The number of alkyl halides is 3. The van der Waals surface area contributed by atoms with Crippen LogP contribution in [0.5, 0.6) is 0 Å². The molecular weight excluding hydrogens is 269 g/mol. The van der Waals surface area contributed by atoms with Gasteiger partial charge in [-0.3, -0.25) is 4.90 Å². The highest BCUT2D eigenvalue weighted by molar-refractivity contribution is 4.85. The van der Waals surface area contributed by atoms with Gasteiger partial charge in [-0.05, 0) is 32.4 Å². The Labute approximate surface area is 118 Å². The van der Waals surface area contributed by atoms with E-state index in [1.54, 1.807) is 0 Å². The summed E-state index contributed by atoms with van der Waals surface area (Å²) in [6.45, 7) is 5.04. The first-order valence-corrected chi connectivity index (χ1v) is 7.67. The number of hydrogen-bond acceptors (Lipinski definition) is 3. The molecule has 20 heavy (non-hydrogen) atoms. The Morgan fingerprint density at radius 3 is 2.50 bits per heavy atom. The van der Waals surface area contributed by atoms with E-state index in [4.69, 9.17) is 4.74 Å². The smallest absolute Gasteiger partial charge is 0.379 e. The molecule has 2 fully saturated rings. The van der Waals surface area contributed by atoms with Gasteiger partial charge in [-0.2, -0.15) is 13.2 Å². The standard InChI is InChI=1S/C14H25F3N2O/c15-14(16,17)12-4-1-2-5-13(12)18-6-3-7-19-8-10-20-11-9-19/h12-13,18H,1-11H2. The van der Waals surface area contributed by atoms with Crippen molar-refractivity contribution in [1.29, 1.82) is 0 Å². The molecule has 0 spiro atoms. The Kier molecular flexibility index (Phi) is 6.11. The van der Waals surface area contributed by atoms with Crippen LogP contribution in [0.1, 0.15) is 32.1 Å². The van der Waals surface area contributed by atoms with Gasteiger partial charge in [0.1, 0.15) is 0 Å². The van der Waals surface area contributed by atoms with Crippen molar-refractivity contribution < 1.29 is 17.9 Å². The predicted molar refractivity (Wildman–Crippen MR) is 71.7 cm³/mol. The lowest BCUT2D eigenvalue weighted by atomic mass is 9.84. The maximum atomic E-state index is 12.9. The average Bonchev–Trinajstić information content (AvgIpc) is 2.44. The molecule has 2 unspecified atom stereocenters. The highest BCUT2D eigenvalue weighted by Crippen LogP contribution is 2.37. The lowest BCUT2D eigenvalue weighted by Crippen LogP contribution is -2.46. The Morgan fingerprint density at radius 1 is 1.10 bits per heavy atom. The quantitative estimate of drug-likeness (QED) is 0.788. The molecule has 1 N–H and O–H groups in total. The molecule has 0 aromatic heterocycles. The van der Waals surface area contributed by atoms with Crippen LogP contribution in [0.3, 0.4) is 0 Å². The Hall–Kier alpha value is -0.330. The van der Waals surface area contributed by atoms with E-state index in [2.05, 4.69) is 10.2 Å². The molecule has 118 valence electrons. The van der Waals surface area contributed by atoms with Gasteiger partial charge >= 0.3 is 6.18 Å². The second kappa shape index (κ2) is 7.61. The molecule has 6 heteroatoms. The number of halogens is 3. The van der Waals surface area contributed by atoms with Gasteiger partial charge in [0.05, 0.1) is 19.1 Å². The summed E-state index contributed by atoms with van der Waals surface area (Å²) in [7, 11) is 0. The van der Waals surface area contributed by atoms with Crippen molar-refractivity contribution in [3.05, 3.63) is 0 Å². The van der Waals surface area contributed by atoms with E-state index in [-0.39, 0.29) is 12.5 Å². The molecule has 0 amide bonds. The van der Waals surface area contributed by atoms with Crippen LogP contribution >= 0.6 is 0 Å². The Bertz CT molecular complexity index is 280. The second-order valence-corrected chi connectivity index (χ2v) is 5.80. The van der Waals surface area contributed by atoms with Gasteiger partial charge in [0.15, 0.2) is 0 Å². The average molecular weight is 294 g/mol. The highest BCUT2D eigenvalue weighted by atomic mass is 19.4. The summed E-state index contributed by atoms with van der Waals surface area (Å²) in [5.41, 5.74) is 0. The number of nitrogens with one attached hydrogen (secondary N) is 1. The van der Waals surface area contributed by atoms with Gasteiger partial charge in [0.2, 0.25) is 0 Å². The van der Waals surface area contributed by atoms with E-state index in [1.807, 2.05) is 0 Å². The minimum atomic E-state index is -4.05. The van der Waals surface area contributed by atoms with Crippen molar-refractivity contribution in [3.8, 4) is 0 Å². The second-order valence-electron chi connectivity index (χ2n) is 5.80. The summed E-state index contributed by atoms with van der Waals surface area (Å²) in [6.07, 6.45) is -0.598. The molecule has 0 aromatic carbocycles. The Balaban J connectivity index is 1.66. The summed E-state index contributed by atoms with van der Waals surface area (Å²) in [5, 5.41) is 3.14. The zero-order valence-corrected chi connectivity index (χ0v) is 11.9. The van der Waals surface area contributed by atoms with Crippen molar-refractivity contribution in [3.63, 3.8) is 0 Å². The van der Waals surface area contributed by atoms with Gasteiger partial charge in [-0.15, -0.1) is 0 Å². The van der Waals surface area contributed by atoms with Gasteiger partial charge in [0, 0.05) is 19.1 Å². The number of ether oxygens (including phenoxy) is 1. The molecule has 1 aliphatic heterocycles. The summed E-state index contributed by atoms with van der Waals surface area (Å²) in [5.74, 6) is -1.15. The zero-order valence-electron chi connectivity index (χ0n) is 11.9. The van der Waals surface area contributed by atoms with E-state index in [0.29, 0.717) is 19.4 Å². The van der Waals surface area contributed by atoms with Gasteiger partial charge < -0.3 is 10.1 Å². The van der Waals surface area contributed by atoms with E-state index in [9.17, 15) is 13.2 Å². The lowest BCUT2D eigenvalue weighted by molar-refractivity contribution is -0.188.